The minimum absolute atomic E-state index is 0.00216. The minimum Gasteiger partial charge on any atom is -0.294 e. The molecule has 0 N–H and O–H groups in total. The summed E-state index contributed by atoms with van der Waals surface area (Å²) in [6.07, 6.45) is 0.540. The van der Waals surface area contributed by atoms with Crippen LogP contribution < -0.4 is 0 Å². The lowest BCUT2D eigenvalue weighted by Gasteiger charge is -2.17. The molecule has 0 unspecified atom stereocenters. The quantitative estimate of drug-likeness (QED) is 0.686. The van der Waals surface area contributed by atoms with Crippen LogP contribution in [-0.2, 0) is 0 Å². The lowest BCUT2D eigenvalue weighted by atomic mass is 9.86. The summed E-state index contributed by atoms with van der Waals surface area (Å²) in [6.45, 7) is 6.22. The van der Waals surface area contributed by atoms with Gasteiger partial charge in [-0.2, -0.15) is 0 Å². The van der Waals surface area contributed by atoms with Gasteiger partial charge >= 0.3 is 0 Å². The second-order valence-corrected chi connectivity index (χ2v) is 6.21. The average molecular weight is 261 g/mol. The van der Waals surface area contributed by atoms with E-state index in [1.165, 1.54) is 0 Å². The molecule has 0 aromatic heterocycles. The SMILES string of the molecule is CC(C)(C)CC(=O)c1ccc(Cl)c2ccccc12. The zero-order valence-corrected chi connectivity index (χ0v) is 11.7. The van der Waals surface area contributed by atoms with Crippen molar-refractivity contribution in [3.8, 4) is 0 Å². The van der Waals surface area contributed by atoms with Crippen molar-refractivity contribution in [2.24, 2.45) is 5.41 Å². The Morgan fingerprint density at radius 2 is 1.67 bits per heavy atom. The molecule has 0 saturated heterocycles. The Hall–Kier alpha value is -1.34. The van der Waals surface area contributed by atoms with Gasteiger partial charge in [0.1, 0.15) is 0 Å². The van der Waals surface area contributed by atoms with E-state index < -0.39 is 0 Å². The van der Waals surface area contributed by atoms with Crippen molar-refractivity contribution in [3.63, 3.8) is 0 Å². The van der Waals surface area contributed by atoms with Crippen LogP contribution in [0.1, 0.15) is 37.6 Å². The van der Waals surface area contributed by atoms with Crippen LogP contribution in [0.2, 0.25) is 5.02 Å². The lowest BCUT2D eigenvalue weighted by Crippen LogP contribution is -2.13. The van der Waals surface area contributed by atoms with Crippen LogP contribution >= 0.6 is 11.6 Å². The Morgan fingerprint density at radius 1 is 1.06 bits per heavy atom. The van der Waals surface area contributed by atoms with E-state index in [4.69, 9.17) is 11.6 Å². The van der Waals surface area contributed by atoms with Crippen molar-refractivity contribution in [2.75, 3.05) is 0 Å². The molecule has 1 nitrogen and oxygen atoms in total. The molecule has 2 heteroatoms. The number of Topliss-reactive ketones (excluding diaryl/α,β-unsaturated/α-hetero) is 1. The normalized spacial score (nSPS) is 11.8. The van der Waals surface area contributed by atoms with Crippen molar-refractivity contribution in [2.45, 2.75) is 27.2 Å². The number of carbonyl (C=O) groups is 1. The van der Waals surface area contributed by atoms with Gasteiger partial charge in [0.05, 0.1) is 0 Å². The van der Waals surface area contributed by atoms with E-state index >= 15 is 0 Å². The zero-order chi connectivity index (χ0) is 13.3. The van der Waals surface area contributed by atoms with Crippen molar-refractivity contribution in [1.29, 1.82) is 0 Å². The number of halogens is 1. The Labute approximate surface area is 113 Å². The fourth-order valence-electron chi connectivity index (χ4n) is 2.08. The highest BCUT2D eigenvalue weighted by Crippen LogP contribution is 2.29. The highest BCUT2D eigenvalue weighted by atomic mass is 35.5. The Kier molecular flexibility index (Phi) is 3.45. The summed E-state index contributed by atoms with van der Waals surface area (Å²) in [5, 5.41) is 2.58. The summed E-state index contributed by atoms with van der Waals surface area (Å²) < 4.78 is 0. The number of carbonyl (C=O) groups excluding carboxylic acids is 1. The van der Waals surface area contributed by atoms with Crippen LogP contribution in [-0.4, -0.2) is 5.78 Å². The standard InChI is InChI=1S/C16H17ClO/c1-16(2,3)10-15(18)13-8-9-14(17)12-7-5-4-6-11(12)13/h4-9H,10H2,1-3H3. The first kappa shape index (κ1) is 13.1. The minimum atomic E-state index is -0.00216. The molecule has 2 rings (SSSR count). The predicted octanol–water partition coefficient (Wildman–Crippen LogP) is 5.11. The maximum Gasteiger partial charge on any atom is 0.164 e. The molecule has 2 aromatic carbocycles. The summed E-state index contributed by atoms with van der Waals surface area (Å²) >= 11 is 6.16. The highest BCUT2D eigenvalue weighted by Gasteiger charge is 2.19. The third-order valence-corrected chi connectivity index (χ3v) is 3.19. The van der Waals surface area contributed by atoms with E-state index in [1.807, 2.05) is 30.3 Å². The van der Waals surface area contributed by atoms with Crippen molar-refractivity contribution >= 4 is 28.2 Å². The van der Waals surface area contributed by atoms with Crippen LogP contribution in [0.3, 0.4) is 0 Å². The average Bonchev–Trinajstić information content (AvgIpc) is 2.27. The molecule has 0 amide bonds. The molecular weight excluding hydrogens is 244 g/mol. The Morgan fingerprint density at radius 3 is 2.28 bits per heavy atom. The second-order valence-electron chi connectivity index (χ2n) is 5.80. The number of hydrogen-bond acceptors (Lipinski definition) is 1. The largest absolute Gasteiger partial charge is 0.294 e. The molecule has 0 fully saturated rings. The first-order valence-corrected chi connectivity index (χ1v) is 6.47. The molecule has 94 valence electrons. The van der Waals surface area contributed by atoms with E-state index in [2.05, 4.69) is 20.8 Å². The summed E-state index contributed by atoms with van der Waals surface area (Å²) in [6, 6.07) is 11.4. The van der Waals surface area contributed by atoms with E-state index in [0.29, 0.717) is 11.4 Å². The maximum atomic E-state index is 12.3. The number of ketones is 1. The molecule has 0 aliphatic rings. The summed E-state index contributed by atoms with van der Waals surface area (Å²) in [4.78, 5) is 12.3. The number of benzene rings is 2. The van der Waals surface area contributed by atoms with Gasteiger partial charge in [-0.3, -0.25) is 4.79 Å². The number of fused-ring (bicyclic) bond motifs is 1. The van der Waals surface area contributed by atoms with Gasteiger partial charge in [0.25, 0.3) is 0 Å². The molecule has 0 spiro atoms. The van der Waals surface area contributed by atoms with E-state index in [1.54, 1.807) is 6.07 Å². The summed E-state index contributed by atoms with van der Waals surface area (Å²) in [5.74, 6) is 0.176. The molecule has 0 aliphatic carbocycles. The zero-order valence-electron chi connectivity index (χ0n) is 11.0. The highest BCUT2D eigenvalue weighted by molar-refractivity contribution is 6.36. The topological polar surface area (TPSA) is 17.1 Å². The first-order chi connectivity index (χ1) is 8.38. The molecule has 0 aliphatic heterocycles. The monoisotopic (exact) mass is 260 g/mol. The molecule has 0 bridgehead atoms. The number of rotatable bonds is 2. The maximum absolute atomic E-state index is 12.3. The van der Waals surface area contributed by atoms with Gasteiger partial charge < -0.3 is 0 Å². The van der Waals surface area contributed by atoms with E-state index in [9.17, 15) is 4.79 Å². The molecule has 0 heterocycles. The van der Waals surface area contributed by atoms with Crippen LogP contribution in [0.15, 0.2) is 36.4 Å². The van der Waals surface area contributed by atoms with E-state index in [-0.39, 0.29) is 11.2 Å². The molecule has 0 atom stereocenters. The van der Waals surface area contributed by atoms with Crippen LogP contribution in [0.25, 0.3) is 10.8 Å². The van der Waals surface area contributed by atoms with Gasteiger partial charge in [-0.25, -0.2) is 0 Å². The van der Waals surface area contributed by atoms with Gasteiger partial charge in [-0.05, 0) is 22.9 Å². The molecule has 0 saturated carbocycles. The van der Waals surface area contributed by atoms with Gasteiger partial charge in [-0.15, -0.1) is 0 Å². The fourth-order valence-corrected chi connectivity index (χ4v) is 2.31. The predicted molar refractivity (Wildman–Crippen MR) is 77.4 cm³/mol. The molecule has 0 radical (unpaired) electrons. The van der Waals surface area contributed by atoms with Crippen LogP contribution in [0.5, 0.6) is 0 Å². The first-order valence-electron chi connectivity index (χ1n) is 6.09. The van der Waals surface area contributed by atoms with Crippen molar-refractivity contribution in [1.82, 2.24) is 0 Å². The second kappa shape index (κ2) is 4.74. The van der Waals surface area contributed by atoms with Gasteiger partial charge in [0.2, 0.25) is 0 Å². The third kappa shape index (κ3) is 2.73. The fraction of sp³-hybridized carbons (Fsp3) is 0.312. The van der Waals surface area contributed by atoms with Crippen LogP contribution in [0.4, 0.5) is 0 Å². The van der Waals surface area contributed by atoms with Gasteiger partial charge in [0.15, 0.2) is 5.78 Å². The Balaban J connectivity index is 2.52. The van der Waals surface area contributed by atoms with Crippen LogP contribution in [0, 0.1) is 5.41 Å². The van der Waals surface area contributed by atoms with Gasteiger partial charge in [-0.1, -0.05) is 56.6 Å². The lowest BCUT2D eigenvalue weighted by molar-refractivity contribution is 0.0941. The van der Waals surface area contributed by atoms with Crippen molar-refractivity contribution < 1.29 is 4.79 Å². The summed E-state index contributed by atoms with van der Waals surface area (Å²) in [7, 11) is 0. The van der Waals surface area contributed by atoms with E-state index in [0.717, 1.165) is 16.3 Å². The third-order valence-electron chi connectivity index (χ3n) is 2.86. The number of hydrogen-bond donors (Lipinski definition) is 0. The smallest absolute Gasteiger partial charge is 0.164 e. The van der Waals surface area contributed by atoms with Crippen molar-refractivity contribution in [3.05, 3.63) is 47.0 Å². The molecular formula is C16H17ClO. The summed E-state index contributed by atoms with van der Waals surface area (Å²) in [5.41, 5.74) is 0.766. The Bertz CT molecular complexity index is 594. The molecule has 18 heavy (non-hydrogen) atoms. The molecule has 2 aromatic rings. The van der Waals surface area contributed by atoms with Gasteiger partial charge in [0, 0.05) is 22.4 Å².